The molecule has 0 aliphatic carbocycles. The molecule has 0 saturated carbocycles. The maximum absolute atomic E-state index is 13.6. The number of hydrogen-bond donors (Lipinski definition) is 1. The molecule has 0 atom stereocenters. The fourth-order valence-electron chi connectivity index (χ4n) is 1.59. The van der Waals surface area contributed by atoms with E-state index >= 15 is 0 Å². The largest absolute Gasteiger partial charge is 0.490 e. The summed E-state index contributed by atoms with van der Waals surface area (Å²) in [7, 11) is 1.57. The standard InChI is InChI=1S/C15H21FO5/c1-19-8-4-10-21-15(18)12-5-6-13(16)14(11-12)20-9-3-2-7-17/h5-6,11,17H,2-4,7-10H2,1H3. The van der Waals surface area contributed by atoms with Crippen molar-refractivity contribution in [3.8, 4) is 5.75 Å². The van der Waals surface area contributed by atoms with Gasteiger partial charge in [-0.15, -0.1) is 0 Å². The summed E-state index contributed by atoms with van der Waals surface area (Å²) in [5.41, 5.74) is 0.242. The van der Waals surface area contributed by atoms with Crippen LogP contribution in [0.2, 0.25) is 0 Å². The average molecular weight is 300 g/mol. The first-order valence-electron chi connectivity index (χ1n) is 6.88. The number of benzene rings is 1. The Morgan fingerprint density at radius 3 is 2.71 bits per heavy atom. The third-order valence-electron chi connectivity index (χ3n) is 2.70. The zero-order valence-electron chi connectivity index (χ0n) is 12.1. The van der Waals surface area contributed by atoms with Gasteiger partial charge in [0.2, 0.25) is 0 Å². The smallest absolute Gasteiger partial charge is 0.338 e. The van der Waals surface area contributed by atoms with Crippen molar-refractivity contribution in [3.63, 3.8) is 0 Å². The summed E-state index contributed by atoms with van der Waals surface area (Å²) in [6, 6.07) is 3.86. The Morgan fingerprint density at radius 2 is 2.00 bits per heavy atom. The molecule has 0 unspecified atom stereocenters. The van der Waals surface area contributed by atoms with Crippen LogP contribution < -0.4 is 4.74 Å². The molecule has 5 nitrogen and oxygen atoms in total. The molecule has 0 heterocycles. The van der Waals surface area contributed by atoms with Gasteiger partial charge in [0, 0.05) is 26.7 Å². The molecule has 118 valence electrons. The van der Waals surface area contributed by atoms with Gasteiger partial charge in [0.1, 0.15) is 0 Å². The normalized spacial score (nSPS) is 10.4. The Labute approximate surface area is 123 Å². The van der Waals surface area contributed by atoms with E-state index in [4.69, 9.17) is 19.3 Å². The van der Waals surface area contributed by atoms with Gasteiger partial charge in [-0.25, -0.2) is 9.18 Å². The predicted molar refractivity (Wildman–Crippen MR) is 75.0 cm³/mol. The number of esters is 1. The van der Waals surface area contributed by atoms with E-state index in [1.165, 1.54) is 18.2 Å². The van der Waals surface area contributed by atoms with Crippen molar-refractivity contribution < 1.29 is 28.5 Å². The summed E-state index contributed by atoms with van der Waals surface area (Å²) < 4.78 is 28.7. The number of rotatable bonds is 10. The van der Waals surface area contributed by atoms with Crippen molar-refractivity contribution in [1.29, 1.82) is 0 Å². The highest BCUT2D eigenvalue weighted by Gasteiger charge is 2.11. The molecule has 0 bridgehead atoms. The van der Waals surface area contributed by atoms with E-state index in [2.05, 4.69) is 0 Å². The lowest BCUT2D eigenvalue weighted by Gasteiger charge is -2.09. The second-order valence-electron chi connectivity index (χ2n) is 4.41. The first-order valence-corrected chi connectivity index (χ1v) is 6.88. The molecule has 0 aliphatic heterocycles. The molecular weight excluding hydrogens is 279 g/mol. The van der Waals surface area contributed by atoms with Gasteiger partial charge >= 0.3 is 5.97 Å². The van der Waals surface area contributed by atoms with Crippen molar-refractivity contribution in [2.24, 2.45) is 0 Å². The van der Waals surface area contributed by atoms with Gasteiger partial charge in [0.05, 0.1) is 18.8 Å². The maximum atomic E-state index is 13.6. The number of carbonyl (C=O) groups excluding carboxylic acids is 1. The molecular formula is C15H21FO5. The lowest BCUT2D eigenvalue weighted by Crippen LogP contribution is -2.09. The molecule has 1 N–H and O–H groups in total. The first-order chi connectivity index (χ1) is 10.2. The lowest BCUT2D eigenvalue weighted by molar-refractivity contribution is 0.0468. The highest BCUT2D eigenvalue weighted by Crippen LogP contribution is 2.19. The Bertz CT molecular complexity index is 436. The highest BCUT2D eigenvalue weighted by atomic mass is 19.1. The minimum absolute atomic E-state index is 0.0132. The second-order valence-corrected chi connectivity index (χ2v) is 4.41. The van der Waals surface area contributed by atoms with Gasteiger partial charge in [0.25, 0.3) is 0 Å². The van der Waals surface area contributed by atoms with E-state index in [0.717, 1.165) is 0 Å². The number of unbranched alkanes of at least 4 members (excludes halogenated alkanes) is 1. The highest BCUT2D eigenvalue weighted by molar-refractivity contribution is 5.89. The third-order valence-corrected chi connectivity index (χ3v) is 2.70. The number of methoxy groups -OCH3 is 1. The first kappa shape index (κ1) is 17.4. The molecule has 0 radical (unpaired) electrons. The van der Waals surface area contributed by atoms with Crippen LogP contribution in [0.3, 0.4) is 0 Å². The van der Waals surface area contributed by atoms with Crippen LogP contribution in [0.4, 0.5) is 4.39 Å². The summed E-state index contributed by atoms with van der Waals surface area (Å²) in [6.07, 6.45) is 1.80. The van der Waals surface area contributed by atoms with E-state index < -0.39 is 11.8 Å². The molecule has 1 aromatic carbocycles. The van der Waals surface area contributed by atoms with Crippen molar-refractivity contribution in [2.75, 3.05) is 33.5 Å². The lowest BCUT2D eigenvalue weighted by atomic mass is 10.2. The van der Waals surface area contributed by atoms with Crippen LogP contribution in [-0.2, 0) is 9.47 Å². The molecule has 0 aliphatic rings. The number of hydrogen-bond acceptors (Lipinski definition) is 5. The molecule has 6 heteroatoms. The fourth-order valence-corrected chi connectivity index (χ4v) is 1.59. The predicted octanol–water partition coefficient (Wildman–Crippen LogP) is 2.17. The second kappa shape index (κ2) is 10.1. The SMILES string of the molecule is COCCCOC(=O)c1ccc(F)c(OCCCCO)c1. The monoisotopic (exact) mass is 300 g/mol. The Kier molecular flexibility index (Phi) is 8.38. The molecule has 0 spiro atoms. The van der Waals surface area contributed by atoms with Crippen molar-refractivity contribution in [2.45, 2.75) is 19.3 Å². The third kappa shape index (κ3) is 6.55. The number of carbonyl (C=O) groups is 1. The van der Waals surface area contributed by atoms with Gasteiger partial charge in [-0.05, 0) is 31.0 Å². The molecule has 0 aromatic heterocycles. The maximum Gasteiger partial charge on any atom is 0.338 e. The summed E-state index contributed by atoms with van der Waals surface area (Å²) in [5.74, 6) is -1.04. The summed E-state index contributed by atoms with van der Waals surface area (Å²) in [6.45, 7) is 1.11. The van der Waals surface area contributed by atoms with Gasteiger partial charge in [-0.1, -0.05) is 0 Å². The number of halogens is 1. The van der Waals surface area contributed by atoms with Crippen molar-refractivity contribution >= 4 is 5.97 Å². The minimum Gasteiger partial charge on any atom is -0.490 e. The Balaban J connectivity index is 2.52. The number of aliphatic hydroxyl groups excluding tert-OH is 1. The Hall–Kier alpha value is -1.66. The van der Waals surface area contributed by atoms with Crippen LogP contribution in [0.15, 0.2) is 18.2 Å². The molecule has 21 heavy (non-hydrogen) atoms. The van der Waals surface area contributed by atoms with Gasteiger partial charge in [0.15, 0.2) is 11.6 Å². The van der Waals surface area contributed by atoms with E-state index in [1.807, 2.05) is 0 Å². The van der Waals surface area contributed by atoms with E-state index in [0.29, 0.717) is 25.9 Å². The van der Waals surface area contributed by atoms with Crippen LogP contribution in [0.25, 0.3) is 0 Å². The minimum atomic E-state index is -0.532. The van der Waals surface area contributed by atoms with Crippen LogP contribution in [0, 0.1) is 5.82 Å². The molecule has 0 amide bonds. The molecule has 1 aromatic rings. The topological polar surface area (TPSA) is 65.0 Å². The van der Waals surface area contributed by atoms with E-state index in [-0.39, 0.29) is 31.1 Å². The summed E-state index contributed by atoms with van der Waals surface area (Å²) >= 11 is 0. The zero-order chi connectivity index (χ0) is 15.5. The zero-order valence-corrected chi connectivity index (χ0v) is 12.1. The fraction of sp³-hybridized carbons (Fsp3) is 0.533. The summed E-state index contributed by atoms with van der Waals surface area (Å²) in [4.78, 5) is 11.8. The van der Waals surface area contributed by atoms with E-state index in [9.17, 15) is 9.18 Å². The van der Waals surface area contributed by atoms with Crippen LogP contribution in [0.5, 0.6) is 5.75 Å². The average Bonchev–Trinajstić information content (AvgIpc) is 2.49. The molecule has 0 fully saturated rings. The van der Waals surface area contributed by atoms with Gasteiger partial charge in [-0.2, -0.15) is 0 Å². The van der Waals surface area contributed by atoms with E-state index in [1.54, 1.807) is 7.11 Å². The molecule has 1 rings (SSSR count). The van der Waals surface area contributed by atoms with Gasteiger partial charge in [-0.3, -0.25) is 0 Å². The van der Waals surface area contributed by atoms with Crippen LogP contribution in [-0.4, -0.2) is 44.6 Å². The van der Waals surface area contributed by atoms with Crippen LogP contribution >= 0.6 is 0 Å². The number of aliphatic hydroxyl groups is 1. The quantitative estimate of drug-likeness (QED) is 0.530. The number of ether oxygens (including phenoxy) is 3. The van der Waals surface area contributed by atoms with Crippen LogP contribution in [0.1, 0.15) is 29.6 Å². The Morgan fingerprint density at radius 1 is 1.19 bits per heavy atom. The van der Waals surface area contributed by atoms with Crippen molar-refractivity contribution in [3.05, 3.63) is 29.6 Å². The summed E-state index contributed by atoms with van der Waals surface area (Å²) in [5, 5.41) is 8.66. The van der Waals surface area contributed by atoms with Crippen molar-refractivity contribution in [1.82, 2.24) is 0 Å². The van der Waals surface area contributed by atoms with Gasteiger partial charge < -0.3 is 19.3 Å². The molecule has 0 saturated heterocycles.